The first-order valence-electron chi connectivity index (χ1n) is 4.99. The van der Waals surface area contributed by atoms with Gasteiger partial charge in [0.2, 0.25) is 5.88 Å². The van der Waals surface area contributed by atoms with Gasteiger partial charge in [-0.3, -0.25) is 0 Å². The Morgan fingerprint density at radius 2 is 2.18 bits per heavy atom. The fourth-order valence-electron chi connectivity index (χ4n) is 1.37. The largest absolute Gasteiger partial charge is 0.480 e. The fraction of sp³-hybridized carbons (Fsp3) is 0.273. The second-order valence-electron chi connectivity index (χ2n) is 3.43. The predicted octanol–water partition coefficient (Wildman–Crippen LogP) is 2.48. The van der Waals surface area contributed by atoms with E-state index >= 15 is 0 Å². The van der Waals surface area contributed by atoms with Crippen LogP contribution in [-0.4, -0.2) is 22.4 Å². The monoisotopic (exact) mass is 270 g/mol. The maximum absolute atomic E-state index is 9.97. The van der Waals surface area contributed by atoms with Gasteiger partial charge < -0.3 is 9.84 Å². The summed E-state index contributed by atoms with van der Waals surface area (Å²) in [7, 11) is 1.52. The Labute approximate surface area is 108 Å². The minimum atomic E-state index is -0.678. The number of aliphatic hydroxyl groups is 1. The summed E-state index contributed by atoms with van der Waals surface area (Å²) >= 11 is 7.27. The second kappa shape index (κ2) is 5.44. The van der Waals surface area contributed by atoms with Crippen molar-refractivity contribution in [2.45, 2.75) is 12.5 Å². The maximum atomic E-state index is 9.97. The predicted molar refractivity (Wildman–Crippen MR) is 66.6 cm³/mol. The summed E-state index contributed by atoms with van der Waals surface area (Å²) in [5.74, 6) is 0.431. The molecular weight excluding hydrogens is 260 g/mol. The van der Waals surface area contributed by atoms with Crippen LogP contribution in [0, 0.1) is 0 Å². The molecule has 0 aliphatic rings. The zero-order valence-electron chi connectivity index (χ0n) is 9.13. The number of thiophene rings is 1. The van der Waals surface area contributed by atoms with E-state index in [0.717, 1.165) is 4.88 Å². The van der Waals surface area contributed by atoms with Gasteiger partial charge in [0.05, 0.1) is 17.1 Å². The van der Waals surface area contributed by atoms with Crippen molar-refractivity contribution in [3.8, 4) is 5.88 Å². The summed E-state index contributed by atoms with van der Waals surface area (Å²) in [6.07, 6.45) is -0.193. The molecule has 0 bridgehead atoms. The zero-order valence-corrected chi connectivity index (χ0v) is 10.7. The SMILES string of the molecule is COc1ccc(C(O)Cc2ccc(Cl)s2)nn1. The van der Waals surface area contributed by atoms with Crippen molar-refractivity contribution >= 4 is 22.9 Å². The van der Waals surface area contributed by atoms with Gasteiger partial charge in [-0.2, -0.15) is 0 Å². The lowest BCUT2D eigenvalue weighted by molar-refractivity contribution is 0.173. The van der Waals surface area contributed by atoms with Gasteiger partial charge in [0.1, 0.15) is 6.10 Å². The molecule has 0 amide bonds. The van der Waals surface area contributed by atoms with Gasteiger partial charge in [-0.25, -0.2) is 0 Å². The van der Waals surface area contributed by atoms with Crippen molar-refractivity contribution < 1.29 is 9.84 Å². The van der Waals surface area contributed by atoms with Crippen LogP contribution in [0.5, 0.6) is 5.88 Å². The number of halogens is 1. The van der Waals surface area contributed by atoms with Crippen LogP contribution in [0.3, 0.4) is 0 Å². The lowest BCUT2D eigenvalue weighted by Gasteiger charge is -2.08. The summed E-state index contributed by atoms with van der Waals surface area (Å²) in [6.45, 7) is 0. The molecule has 2 rings (SSSR count). The Hall–Kier alpha value is -1.17. The summed E-state index contributed by atoms with van der Waals surface area (Å²) < 4.78 is 5.62. The van der Waals surface area contributed by atoms with Crippen molar-refractivity contribution in [1.29, 1.82) is 0 Å². The number of nitrogens with zero attached hydrogens (tertiary/aromatic N) is 2. The number of hydrogen-bond donors (Lipinski definition) is 1. The molecule has 6 heteroatoms. The minimum absolute atomic E-state index is 0.431. The van der Waals surface area contributed by atoms with Crippen molar-refractivity contribution in [3.63, 3.8) is 0 Å². The van der Waals surface area contributed by atoms with E-state index in [1.54, 1.807) is 12.1 Å². The molecule has 2 aromatic rings. The molecular formula is C11H11ClN2O2S. The van der Waals surface area contributed by atoms with E-state index in [9.17, 15) is 5.11 Å². The Bertz CT molecular complexity index is 486. The van der Waals surface area contributed by atoms with Crippen LogP contribution in [0.2, 0.25) is 4.34 Å². The van der Waals surface area contributed by atoms with Gasteiger partial charge in [0.15, 0.2) is 0 Å². The topological polar surface area (TPSA) is 55.2 Å². The van der Waals surface area contributed by atoms with Crippen molar-refractivity contribution in [1.82, 2.24) is 10.2 Å². The number of ether oxygens (including phenoxy) is 1. The lowest BCUT2D eigenvalue weighted by Crippen LogP contribution is -2.04. The Balaban J connectivity index is 2.06. The van der Waals surface area contributed by atoms with Crippen LogP contribution in [0.15, 0.2) is 24.3 Å². The fourth-order valence-corrected chi connectivity index (χ4v) is 2.50. The van der Waals surface area contributed by atoms with Gasteiger partial charge in [-0.1, -0.05) is 11.6 Å². The highest BCUT2D eigenvalue weighted by Crippen LogP contribution is 2.26. The van der Waals surface area contributed by atoms with Crippen molar-refractivity contribution in [2.24, 2.45) is 0 Å². The first-order valence-corrected chi connectivity index (χ1v) is 6.18. The summed E-state index contributed by atoms with van der Waals surface area (Å²) in [6, 6.07) is 7.08. The first-order chi connectivity index (χ1) is 8.19. The van der Waals surface area contributed by atoms with Crippen LogP contribution in [0.4, 0.5) is 0 Å². The molecule has 2 aromatic heterocycles. The third-order valence-electron chi connectivity index (χ3n) is 2.23. The molecule has 1 N–H and O–H groups in total. The molecule has 0 aliphatic carbocycles. The van der Waals surface area contributed by atoms with Crippen LogP contribution >= 0.6 is 22.9 Å². The summed E-state index contributed by atoms with van der Waals surface area (Å²) in [5, 5.41) is 17.7. The van der Waals surface area contributed by atoms with Gasteiger partial charge in [-0.05, 0) is 18.2 Å². The molecule has 0 aromatic carbocycles. The van der Waals surface area contributed by atoms with Crippen molar-refractivity contribution in [2.75, 3.05) is 7.11 Å². The van der Waals surface area contributed by atoms with Crippen molar-refractivity contribution in [3.05, 3.63) is 39.2 Å². The Morgan fingerprint density at radius 1 is 1.35 bits per heavy atom. The molecule has 0 saturated heterocycles. The number of rotatable bonds is 4. The highest BCUT2D eigenvalue weighted by molar-refractivity contribution is 7.16. The van der Waals surface area contributed by atoms with Crippen LogP contribution in [0.25, 0.3) is 0 Å². The number of aromatic nitrogens is 2. The molecule has 4 nitrogen and oxygen atoms in total. The molecule has 1 atom stereocenters. The minimum Gasteiger partial charge on any atom is -0.480 e. The Kier molecular flexibility index (Phi) is 3.93. The van der Waals surface area contributed by atoms with E-state index in [2.05, 4.69) is 10.2 Å². The molecule has 0 spiro atoms. The molecule has 0 fully saturated rings. The molecule has 0 saturated carbocycles. The van der Waals surface area contributed by atoms with Gasteiger partial charge in [-0.15, -0.1) is 21.5 Å². The number of methoxy groups -OCH3 is 1. The van der Waals surface area contributed by atoms with E-state index < -0.39 is 6.10 Å². The molecule has 0 radical (unpaired) electrons. The quantitative estimate of drug-likeness (QED) is 0.927. The molecule has 1 unspecified atom stereocenters. The van der Waals surface area contributed by atoms with Crippen LogP contribution < -0.4 is 4.74 Å². The van der Waals surface area contributed by atoms with E-state index in [-0.39, 0.29) is 0 Å². The van der Waals surface area contributed by atoms with E-state index in [0.29, 0.717) is 22.3 Å². The Morgan fingerprint density at radius 3 is 2.71 bits per heavy atom. The van der Waals surface area contributed by atoms with Gasteiger partial charge >= 0.3 is 0 Å². The van der Waals surface area contributed by atoms with E-state index in [4.69, 9.17) is 16.3 Å². The highest BCUT2D eigenvalue weighted by Gasteiger charge is 2.12. The number of hydrogen-bond acceptors (Lipinski definition) is 5. The van der Waals surface area contributed by atoms with Crippen LogP contribution in [0.1, 0.15) is 16.7 Å². The molecule has 90 valence electrons. The van der Waals surface area contributed by atoms with E-state index in [1.165, 1.54) is 18.4 Å². The highest BCUT2D eigenvalue weighted by atomic mass is 35.5. The van der Waals surface area contributed by atoms with Gasteiger partial charge in [0.25, 0.3) is 0 Å². The average Bonchev–Trinajstić information content (AvgIpc) is 2.75. The zero-order chi connectivity index (χ0) is 12.3. The van der Waals surface area contributed by atoms with Crippen LogP contribution in [-0.2, 0) is 6.42 Å². The van der Waals surface area contributed by atoms with E-state index in [1.807, 2.05) is 12.1 Å². The normalized spacial score (nSPS) is 12.4. The third kappa shape index (κ3) is 3.15. The molecule has 0 aliphatic heterocycles. The average molecular weight is 271 g/mol. The third-order valence-corrected chi connectivity index (χ3v) is 3.49. The smallest absolute Gasteiger partial charge is 0.233 e. The lowest BCUT2D eigenvalue weighted by atomic mass is 10.1. The standard InChI is InChI=1S/C11H11ClN2O2S/c1-16-11-5-3-8(13-14-11)9(15)6-7-2-4-10(12)17-7/h2-5,9,15H,6H2,1H3. The second-order valence-corrected chi connectivity index (χ2v) is 5.23. The molecule has 2 heterocycles. The maximum Gasteiger partial charge on any atom is 0.233 e. The summed E-state index contributed by atoms with van der Waals surface area (Å²) in [4.78, 5) is 1.01. The first kappa shape index (κ1) is 12.3. The van der Waals surface area contributed by atoms with Gasteiger partial charge in [0, 0.05) is 17.4 Å². The number of aliphatic hydroxyl groups excluding tert-OH is 1. The summed E-state index contributed by atoms with van der Waals surface area (Å²) in [5.41, 5.74) is 0.523. The molecule has 17 heavy (non-hydrogen) atoms.